The van der Waals surface area contributed by atoms with Crippen LogP contribution in [0.5, 0.6) is 0 Å². The van der Waals surface area contributed by atoms with Crippen LogP contribution in [0.2, 0.25) is 0 Å². The monoisotopic (exact) mass is 733 g/mol. The minimum absolute atomic E-state index is 0.612. The molecule has 5 nitrogen and oxygen atoms in total. The highest BCUT2D eigenvalue weighted by molar-refractivity contribution is 7.26. The molecule has 0 fully saturated rings. The van der Waals surface area contributed by atoms with Crippen LogP contribution in [-0.2, 0) is 0 Å². The maximum absolute atomic E-state index is 6.86. The zero-order valence-corrected chi connectivity index (χ0v) is 30.5. The van der Waals surface area contributed by atoms with Gasteiger partial charge in [-0.25, -0.2) is 9.97 Å². The van der Waals surface area contributed by atoms with E-state index in [1.165, 1.54) is 26.6 Å². The summed E-state index contributed by atoms with van der Waals surface area (Å²) in [5.41, 5.74) is 10.7. The van der Waals surface area contributed by atoms with Crippen molar-refractivity contribution in [1.29, 1.82) is 0 Å². The number of benzene rings is 8. The van der Waals surface area contributed by atoms with Gasteiger partial charge in [-0.05, 0) is 76.5 Å². The minimum atomic E-state index is 0.612. The van der Waals surface area contributed by atoms with E-state index in [-0.39, 0.29) is 0 Å². The first-order valence-electron chi connectivity index (χ1n) is 18.7. The zero-order chi connectivity index (χ0) is 36.5. The van der Waals surface area contributed by atoms with Gasteiger partial charge in [0.1, 0.15) is 22.3 Å². The second-order valence-electron chi connectivity index (χ2n) is 14.5. The van der Waals surface area contributed by atoms with E-state index in [0.717, 1.165) is 92.5 Å². The summed E-state index contributed by atoms with van der Waals surface area (Å²) >= 11 is 1.73. The third kappa shape index (κ3) is 4.13. The molecule has 8 aromatic carbocycles. The molecule has 0 N–H and O–H groups in total. The Balaban J connectivity index is 1.08. The largest absolute Gasteiger partial charge is 0.456 e. The summed E-state index contributed by atoms with van der Waals surface area (Å²) in [6.07, 6.45) is 0. The van der Waals surface area contributed by atoms with E-state index in [1.54, 1.807) is 11.3 Å². The molecule has 0 aliphatic heterocycles. The molecule has 0 bridgehead atoms. The smallest absolute Gasteiger partial charge is 0.235 e. The number of rotatable bonds is 3. The average molecular weight is 734 g/mol. The maximum Gasteiger partial charge on any atom is 0.235 e. The van der Waals surface area contributed by atoms with Crippen LogP contribution in [0.1, 0.15) is 0 Å². The molecule has 0 saturated carbocycles. The molecule has 0 atom stereocenters. The van der Waals surface area contributed by atoms with Crippen molar-refractivity contribution >= 4 is 108 Å². The number of fused-ring (bicyclic) bond motifs is 15. The van der Waals surface area contributed by atoms with Crippen LogP contribution in [0.3, 0.4) is 0 Å². The zero-order valence-electron chi connectivity index (χ0n) is 29.7. The molecule has 13 rings (SSSR count). The number of thiophene rings is 1. The molecule has 5 aromatic heterocycles. The lowest BCUT2D eigenvalue weighted by Gasteiger charge is -2.10. The highest BCUT2D eigenvalue weighted by atomic mass is 32.1. The van der Waals surface area contributed by atoms with Crippen LogP contribution in [0.4, 0.5) is 0 Å². The quantitative estimate of drug-likeness (QED) is 0.181. The Bertz CT molecular complexity index is 3770. The first-order chi connectivity index (χ1) is 27.7. The Kier molecular flexibility index (Phi) is 5.98. The standard InChI is InChI=1S/C50H27N3O2S/c1-2-10-28(11-3-1)29-18-21-32-30(26-29)20-25-41-44(32)37-23-24-39-45(48(37)55-41)35-13-4-7-15-38(35)53(39)50-51-46(49-47(52-50)36-14-6-9-17-43(36)56-49)31-19-22-34-33-12-5-8-16-40(33)54-42(34)27-31/h1-27H. The summed E-state index contributed by atoms with van der Waals surface area (Å²) < 4.78 is 17.7. The summed E-state index contributed by atoms with van der Waals surface area (Å²) in [6, 6.07) is 57.6. The molecule has 260 valence electrons. The first-order valence-corrected chi connectivity index (χ1v) is 19.5. The van der Waals surface area contributed by atoms with Gasteiger partial charge in [0.25, 0.3) is 0 Å². The highest BCUT2D eigenvalue weighted by Gasteiger charge is 2.23. The number of hydrogen-bond acceptors (Lipinski definition) is 5. The molecule has 0 saturated heterocycles. The Morgan fingerprint density at radius 2 is 1.20 bits per heavy atom. The molecular weight excluding hydrogens is 707 g/mol. The number of furan rings is 2. The topological polar surface area (TPSA) is 57.0 Å². The van der Waals surface area contributed by atoms with E-state index in [9.17, 15) is 0 Å². The predicted octanol–water partition coefficient (Wildman–Crippen LogP) is 14.2. The van der Waals surface area contributed by atoms with Crippen LogP contribution in [-0.4, -0.2) is 14.5 Å². The van der Waals surface area contributed by atoms with Crippen molar-refractivity contribution in [3.63, 3.8) is 0 Å². The lowest BCUT2D eigenvalue weighted by molar-refractivity contribution is 0.669. The lowest BCUT2D eigenvalue weighted by Crippen LogP contribution is -2.02. The highest BCUT2D eigenvalue weighted by Crippen LogP contribution is 2.45. The molecule has 0 radical (unpaired) electrons. The van der Waals surface area contributed by atoms with Crippen molar-refractivity contribution < 1.29 is 8.83 Å². The van der Waals surface area contributed by atoms with E-state index in [4.69, 9.17) is 18.8 Å². The molecule has 13 aromatic rings. The summed E-state index contributed by atoms with van der Waals surface area (Å²) in [6.45, 7) is 0. The summed E-state index contributed by atoms with van der Waals surface area (Å²) in [7, 11) is 0. The number of aromatic nitrogens is 3. The lowest BCUT2D eigenvalue weighted by atomic mass is 9.98. The van der Waals surface area contributed by atoms with Crippen molar-refractivity contribution in [3.05, 3.63) is 164 Å². The Hall–Kier alpha value is -7.28. The molecular formula is C50H27N3O2S. The van der Waals surface area contributed by atoms with Crippen LogP contribution >= 0.6 is 11.3 Å². The van der Waals surface area contributed by atoms with Crippen LogP contribution in [0.15, 0.2) is 173 Å². The fourth-order valence-electron chi connectivity index (χ4n) is 8.89. The van der Waals surface area contributed by atoms with Crippen molar-refractivity contribution in [2.45, 2.75) is 0 Å². The van der Waals surface area contributed by atoms with Crippen LogP contribution in [0.25, 0.3) is 125 Å². The Morgan fingerprint density at radius 1 is 0.446 bits per heavy atom. The van der Waals surface area contributed by atoms with Crippen molar-refractivity contribution in [1.82, 2.24) is 14.5 Å². The van der Waals surface area contributed by atoms with Gasteiger partial charge in [0.15, 0.2) is 0 Å². The SMILES string of the molecule is c1ccc(-c2ccc3c(ccc4oc5c(ccc6c5c5ccccc5n6-c5nc(-c6ccc7c(c6)oc6ccccc67)c6sc7ccccc7c6n5)c43)c2)cc1. The van der Waals surface area contributed by atoms with Crippen LogP contribution < -0.4 is 0 Å². The van der Waals surface area contributed by atoms with E-state index in [2.05, 4.69) is 156 Å². The Morgan fingerprint density at radius 3 is 2.12 bits per heavy atom. The molecule has 0 aliphatic carbocycles. The molecule has 56 heavy (non-hydrogen) atoms. The van der Waals surface area contributed by atoms with Gasteiger partial charge in [-0.15, -0.1) is 11.3 Å². The fourth-order valence-corrected chi connectivity index (χ4v) is 10.0. The van der Waals surface area contributed by atoms with Gasteiger partial charge >= 0.3 is 0 Å². The van der Waals surface area contributed by atoms with E-state index >= 15 is 0 Å². The van der Waals surface area contributed by atoms with Crippen molar-refractivity contribution in [2.24, 2.45) is 0 Å². The molecule has 5 heterocycles. The van der Waals surface area contributed by atoms with Gasteiger partial charge in [0, 0.05) is 42.6 Å². The molecule has 0 spiro atoms. The van der Waals surface area contributed by atoms with Crippen molar-refractivity contribution in [2.75, 3.05) is 0 Å². The van der Waals surface area contributed by atoms with E-state index < -0.39 is 0 Å². The van der Waals surface area contributed by atoms with Gasteiger partial charge in [-0.3, -0.25) is 4.57 Å². The van der Waals surface area contributed by atoms with Gasteiger partial charge in [0.2, 0.25) is 5.95 Å². The fraction of sp³-hybridized carbons (Fsp3) is 0. The number of hydrogen-bond donors (Lipinski definition) is 0. The van der Waals surface area contributed by atoms with Gasteiger partial charge < -0.3 is 8.83 Å². The number of nitrogens with zero attached hydrogens (tertiary/aromatic N) is 3. The third-order valence-corrected chi connectivity index (χ3v) is 12.6. The summed E-state index contributed by atoms with van der Waals surface area (Å²) in [5, 5.41) is 10.0. The first kappa shape index (κ1) is 30.1. The maximum atomic E-state index is 6.86. The minimum Gasteiger partial charge on any atom is -0.456 e. The van der Waals surface area contributed by atoms with Crippen molar-refractivity contribution in [3.8, 4) is 28.3 Å². The van der Waals surface area contributed by atoms with E-state index in [1.807, 2.05) is 12.1 Å². The summed E-state index contributed by atoms with van der Waals surface area (Å²) in [5.74, 6) is 0.612. The molecule has 0 aliphatic rings. The van der Waals surface area contributed by atoms with Crippen LogP contribution in [0, 0.1) is 0 Å². The summed E-state index contributed by atoms with van der Waals surface area (Å²) in [4.78, 5) is 10.9. The second kappa shape index (κ2) is 11.1. The average Bonchev–Trinajstić information content (AvgIpc) is 4.02. The van der Waals surface area contributed by atoms with E-state index in [0.29, 0.717) is 5.95 Å². The Labute approximate surface area is 322 Å². The third-order valence-electron chi connectivity index (χ3n) is 11.4. The normalized spacial score (nSPS) is 12.3. The molecule has 0 unspecified atom stereocenters. The predicted molar refractivity (Wildman–Crippen MR) is 232 cm³/mol. The molecule has 0 amide bonds. The van der Waals surface area contributed by atoms with Gasteiger partial charge in [0.05, 0.1) is 32.3 Å². The second-order valence-corrected chi connectivity index (χ2v) is 15.5. The molecule has 6 heteroatoms. The number of para-hydroxylation sites is 2. The van der Waals surface area contributed by atoms with Gasteiger partial charge in [-0.1, -0.05) is 109 Å². The van der Waals surface area contributed by atoms with Gasteiger partial charge in [-0.2, -0.15) is 0 Å².